The van der Waals surface area contributed by atoms with Crippen molar-refractivity contribution in [2.75, 3.05) is 0 Å². The molecule has 0 aromatic carbocycles. The molecule has 0 bridgehead atoms. The smallest absolute Gasteiger partial charge is 0.138 e. The molecule has 0 rings (SSSR count). The third kappa shape index (κ3) is 2.48. The summed E-state index contributed by atoms with van der Waals surface area (Å²) in [6, 6.07) is 0. The first kappa shape index (κ1) is 9.63. The maximum atomic E-state index is 11.0. The van der Waals surface area contributed by atoms with Crippen LogP contribution in [0.1, 0.15) is 33.6 Å². The molecule has 0 spiro atoms. The molecule has 0 amide bonds. The van der Waals surface area contributed by atoms with Crippen molar-refractivity contribution >= 4 is 5.78 Å². The monoisotopic (exact) mass is 144 g/mol. The Morgan fingerprint density at radius 2 is 2.00 bits per heavy atom. The van der Waals surface area contributed by atoms with Gasteiger partial charge in [0.05, 0.1) is 6.10 Å². The molecule has 0 saturated carbocycles. The lowest BCUT2D eigenvalue weighted by molar-refractivity contribution is -0.125. The van der Waals surface area contributed by atoms with Crippen molar-refractivity contribution in [2.24, 2.45) is 5.92 Å². The predicted molar refractivity (Wildman–Crippen MR) is 40.8 cm³/mol. The van der Waals surface area contributed by atoms with E-state index in [9.17, 15) is 9.90 Å². The lowest BCUT2D eigenvalue weighted by Gasteiger charge is -2.14. The number of aliphatic hydroxyl groups is 1. The highest BCUT2D eigenvalue weighted by Crippen LogP contribution is 2.08. The fourth-order valence-corrected chi connectivity index (χ4v) is 0.890. The van der Waals surface area contributed by atoms with Crippen molar-refractivity contribution in [3.8, 4) is 0 Å². The first-order valence-corrected chi connectivity index (χ1v) is 3.84. The first-order valence-electron chi connectivity index (χ1n) is 3.84. The summed E-state index contributed by atoms with van der Waals surface area (Å²) in [6.07, 6.45) is 0.734. The van der Waals surface area contributed by atoms with Crippen LogP contribution in [0, 0.1) is 5.92 Å². The standard InChI is InChI=1S/C8H16O2/c1-4-7(9)6(3)8(10)5-2/h6-7,9H,4-5H2,1-3H3/t6-,7-/m1/s1. The van der Waals surface area contributed by atoms with Crippen LogP contribution in [0.4, 0.5) is 0 Å². The number of rotatable bonds is 4. The van der Waals surface area contributed by atoms with E-state index in [4.69, 9.17) is 0 Å². The normalized spacial score (nSPS) is 16.4. The highest BCUT2D eigenvalue weighted by Gasteiger charge is 2.17. The van der Waals surface area contributed by atoms with Crippen LogP contribution in [0.3, 0.4) is 0 Å². The number of hydrogen-bond acceptors (Lipinski definition) is 2. The predicted octanol–water partition coefficient (Wildman–Crippen LogP) is 1.37. The zero-order valence-electron chi connectivity index (χ0n) is 6.92. The van der Waals surface area contributed by atoms with Crippen LogP contribution in [-0.2, 0) is 4.79 Å². The first-order chi connectivity index (χ1) is 4.63. The molecular weight excluding hydrogens is 128 g/mol. The zero-order valence-corrected chi connectivity index (χ0v) is 6.92. The fraction of sp³-hybridized carbons (Fsp3) is 0.875. The maximum absolute atomic E-state index is 11.0. The molecule has 2 nitrogen and oxygen atoms in total. The highest BCUT2D eigenvalue weighted by molar-refractivity contribution is 5.80. The van der Waals surface area contributed by atoms with E-state index in [0.29, 0.717) is 12.8 Å². The summed E-state index contributed by atoms with van der Waals surface area (Å²) in [4.78, 5) is 11.0. The third-order valence-corrected chi connectivity index (χ3v) is 1.85. The quantitative estimate of drug-likeness (QED) is 0.647. The van der Waals surface area contributed by atoms with Crippen molar-refractivity contribution in [1.82, 2.24) is 0 Å². The van der Waals surface area contributed by atoms with Crippen LogP contribution in [0.5, 0.6) is 0 Å². The summed E-state index contributed by atoms with van der Waals surface area (Å²) in [5.74, 6) is -0.0376. The van der Waals surface area contributed by atoms with Gasteiger partial charge in [0.15, 0.2) is 0 Å². The van der Waals surface area contributed by atoms with Gasteiger partial charge in [0, 0.05) is 12.3 Å². The van der Waals surface area contributed by atoms with Gasteiger partial charge in [-0.1, -0.05) is 20.8 Å². The Hall–Kier alpha value is -0.370. The van der Waals surface area contributed by atoms with Crippen molar-refractivity contribution in [2.45, 2.75) is 39.7 Å². The fourth-order valence-electron chi connectivity index (χ4n) is 0.890. The second kappa shape index (κ2) is 4.45. The second-order valence-electron chi connectivity index (χ2n) is 2.58. The topological polar surface area (TPSA) is 37.3 Å². The van der Waals surface area contributed by atoms with E-state index < -0.39 is 6.10 Å². The van der Waals surface area contributed by atoms with Crippen LogP contribution in [0.2, 0.25) is 0 Å². The molecule has 60 valence electrons. The van der Waals surface area contributed by atoms with Crippen molar-refractivity contribution in [1.29, 1.82) is 0 Å². The molecule has 0 aromatic heterocycles. The molecule has 2 atom stereocenters. The maximum Gasteiger partial charge on any atom is 0.138 e. The van der Waals surface area contributed by atoms with Gasteiger partial charge in [-0.05, 0) is 6.42 Å². The number of hydrogen-bond donors (Lipinski definition) is 1. The van der Waals surface area contributed by atoms with E-state index in [1.165, 1.54) is 0 Å². The van der Waals surface area contributed by atoms with E-state index in [1.807, 2.05) is 13.8 Å². The summed E-state index contributed by atoms with van der Waals surface area (Å²) < 4.78 is 0. The molecule has 0 aliphatic heterocycles. The van der Waals surface area contributed by atoms with Gasteiger partial charge in [-0.15, -0.1) is 0 Å². The van der Waals surface area contributed by atoms with E-state index in [2.05, 4.69) is 0 Å². The van der Waals surface area contributed by atoms with Crippen molar-refractivity contribution in [3.63, 3.8) is 0 Å². The average Bonchev–Trinajstić information content (AvgIpc) is 2.00. The molecule has 0 aromatic rings. The largest absolute Gasteiger partial charge is 0.392 e. The van der Waals surface area contributed by atoms with Crippen LogP contribution in [0.25, 0.3) is 0 Å². The van der Waals surface area contributed by atoms with Crippen LogP contribution < -0.4 is 0 Å². The highest BCUT2D eigenvalue weighted by atomic mass is 16.3. The summed E-state index contributed by atoms with van der Waals surface area (Å²) in [5.41, 5.74) is 0. The Labute approximate surface area is 62.2 Å². The molecule has 0 heterocycles. The SMILES string of the molecule is CCC(=O)[C@H](C)[C@H](O)CC. The Bertz CT molecular complexity index is 110. The number of carbonyl (C=O) groups is 1. The molecule has 0 fully saturated rings. The van der Waals surface area contributed by atoms with E-state index in [-0.39, 0.29) is 11.7 Å². The summed E-state index contributed by atoms with van der Waals surface area (Å²) in [5, 5.41) is 9.21. The molecule has 10 heavy (non-hydrogen) atoms. The lowest BCUT2D eigenvalue weighted by Crippen LogP contribution is -2.24. The Kier molecular flexibility index (Phi) is 4.28. The van der Waals surface area contributed by atoms with Crippen molar-refractivity contribution in [3.05, 3.63) is 0 Å². The van der Waals surface area contributed by atoms with Crippen LogP contribution in [-0.4, -0.2) is 17.0 Å². The van der Waals surface area contributed by atoms with Gasteiger partial charge in [-0.2, -0.15) is 0 Å². The second-order valence-corrected chi connectivity index (χ2v) is 2.58. The van der Waals surface area contributed by atoms with E-state index in [1.54, 1.807) is 6.92 Å². The summed E-state index contributed by atoms with van der Waals surface area (Å²) in [7, 11) is 0. The van der Waals surface area contributed by atoms with Gasteiger partial charge in [0.1, 0.15) is 5.78 Å². The number of carbonyl (C=O) groups excluding carboxylic acids is 1. The Morgan fingerprint density at radius 1 is 1.50 bits per heavy atom. The zero-order chi connectivity index (χ0) is 8.15. The van der Waals surface area contributed by atoms with Gasteiger partial charge < -0.3 is 5.11 Å². The molecule has 0 aliphatic rings. The molecule has 0 saturated heterocycles. The van der Waals surface area contributed by atoms with E-state index in [0.717, 1.165) is 0 Å². The number of ketones is 1. The summed E-state index contributed by atoms with van der Waals surface area (Å²) in [6.45, 7) is 5.48. The van der Waals surface area contributed by atoms with Gasteiger partial charge in [-0.3, -0.25) is 4.79 Å². The minimum atomic E-state index is -0.451. The van der Waals surface area contributed by atoms with Gasteiger partial charge in [0.25, 0.3) is 0 Å². The van der Waals surface area contributed by atoms with Gasteiger partial charge >= 0.3 is 0 Å². The van der Waals surface area contributed by atoms with Crippen LogP contribution >= 0.6 is 0 Å². The number of Topliss-reactive ketones (excluding diaryl/α,β-unsaturated/α-hetero) is 1. The summed E-state index contributed by atoms with van der Waals surface area (Å²) >= 11 is 0. The van der Waals surface area contributed by atoms with Gasteiger partial charge in [0.2, 0.25) is 0 Å². The molecule has 2 heteroatoms. The minimum absolute atomic E-state index is 0.148. The number of aliphatic hydroxyl groups excluding tert-OH is 1. The molecule has 0 radical (unpaired) electrons. The lowest BCUT2D eigenvalue weighted by atomic mass is 9.96. The Balaban J connectivity index is 3.81. The minimum Gasteiger partial charge on any atom is -0.392 e. The van der Waals surface area contributed by atoms with Gasteiger partial charge in [-0.25, -0.2) is 0 Å². The molecule has 0 unspecified atom stereocenters. The van der Waals surface area contributed by atoms with E-state index >= 15 is 0 Å². The average molecular weight is 144 g/mol. The third-order valence-electron chi connectivity index (χ3n) is 1.85. The molecule has 1 N–H and O–H groups in total. The Morgan fingerprint density at radius 3 is 2.30 bits per heavy atom. The van der Waals surface area contributed by atoms with Crippen molar-refractivity contribution < 1.29 is 9.90 Å². The van der Waals surface area contributed by atoms with Crippen LogP contribution in [0.15, 0.2) is 0 Å². The molecule has 0 aliphatic carbocycles. The molecular formula is C8H16O2.